The molecule has 0 aromatic carbocycles. The number of carboxylic acid groups (broad SMARTS) is 1. The molecule has 0 bridgehead atoms. The number of likely N-dealkylation sites (tertiary alicyclic amines) is 2. The predicted molar refractivity (Wildman–Crippen MR) is 57.8 cm³/mol. The molecule has 0 atom stereocenters. The molecule has 0 aliphatic carbocycles. The van der Waals surface area contributed by atoms with Gasteiger partial charge in [-0.2, -0.15) is 0 Å². The zero-order valence-electron chi connectivity index (χ0n) is 9.35. The molecule has 0 amide bonds. The minimum Gasteiger partial charge on any atom is -0.481 e. The van der Waals surface area contributed by atoms with Gasteiger partial charge in [0.25, 0.3) is 0 Å². The van der Waals surface area contributed by atoms with E-state index in [4.69, 9.17) is 5.11 Å². The molecule has 0 spiro atoms. The van der Waals surface area contributed by atoms with Gasteiger partial charge >= 0.3 is 5.97 Å². The highest BCUT2D eigenvalue weighted by Crippen LogP contribution is 2.22. The number of rotatable bonds is 5. The molecule has 0 saturated carbocycles. The largest absolute Gasteiger partial charge is 0.481 e. The van der Waals surface area contributed by atoms with Gasteiger partial charge in [0.2, 0.25) is 0 Å². The smallest absolute Gasteiger partial charge is 0.303 e. The van der Waals surface area contributed by atoms with Crippen LogP contribution in [0.25, 0.3) is 0 Å². The van der Waals surface area contributed by atoms with E-state index in [0.29, 0.717) is 12.3 Å². The topological polar surface area (TPSA) is 43.8 Å². The molecule has 2 heterocycles. The molecule has 2 saturated heterocycles. The molecule has 2 fully saturated rings. The van der Waals surface area contributed by atoms with Gasteiger partial charge in [-0.25, -0.2) is 0 Å². The highest BCUT2D eigenvalue weighted by atomic mass is 16.4. The van der Waals surface area contributed by atoms with Crippen molar-refractivity contribution >= 4 is 5.97 Å². The Bertz CT molecular complexity index is 233. The molecule has 0 aromatic heterocycles. The predicted octanol–water partition coefficient (Wildman–Crippen LogP) is 0.345. The maximum Gasteiger partial charge on any atom is 0.303 e. The van der Waals surface area contributed by atoms with Crippen LogP contribution < -0.4 is 0 Å². The zero-order valence-corrected chi connectivity index (χ0v) is 9.35. The Labute approximate surface area is 90.9 Å². The fourth-order valence-electron chi connectivity index (χ4n) is 2.61. The average Bonchev–Trinajstić information content (AvgIpc) is 2.04. The number of carboxylic acids is 1. The van der Waals surface area contributed by atoms with Crippen molar-refractivity contribution in [3.63, 3.8) is 0 Å². The second-order valence-corrected chi connectivity index (χ2v) is 5.10. The van der Waals surface area contributed by atoms with Gasteiger partial charge < -0.3 is 14.9 Å². The Kier molecular flexibility index (Phi) is 3.26. The van der Waals surface area contributed by atoms with Gasteiger partial charge in [-0.1, -0.05) is 0 Å². The lowest BCUT2D eigenvalue weighted by Crippen LogP contribution is -2.50. The Hall–Kier alpha value is -0.610. The van der Waals surface area contributed by atoms with E-state index in [0.717, 1.165) is 25.6 Å². The number of nitrogens with zero attached hydrogens (tertiary/aromatic N) is 2. The van der Waals surface area contributed by atoms with Gasteiger partial charge in [-0.05, 0) is 31.8 Å². The molecular formula is C11H20N2O2. The lowest BCUT2D eigenvalue weighted by molar-refractivity contribution is -0.139. The number of hydrogen-bond acceptors (Lipinski definition) is 3. The van der Waals surface area contributed by atoms with Crippen LogP contribution in [0, 0.1) is 11.8 Å². The van der Waals surface area contributed by atoms with Crippen molar-refractivity contribution in [1.82, 2.24) is 9.80 Å². The van der Waals surface area contributed by atoms with E-state index in [-0.39, 0.29) is 0 Å². The van der Waals surface area contributed by atoms with Crippen LogP contribution in [0.2, 0.25) is 0 Å². The molecule has 4 heteroatoms. The van der Waals surface area contributed by atoms with Crippen molar-refractivity contribution in [2.45, 2.75) is 12.8 Å². The van der Waals surface area contributed by atoms with Crippen LogP contribution in [0.1, 0.15) is 12.8 Å². The normalized spacial score (nSPS) is 24.9. The van der Waals surface area contributed by atoms with Crippen molar-refractivity contribution < 1.29 is 9.90 Å². The summed E-state index contributed by atoms with van der Waals surface area (Å²) in [6.07, 6.45) is 1.63. The molecule has 15 heavy (non-hydrogen) atoms. The van der Waals surface area contributed by atoms with Crippen LogP contribution >= 0.6 is 0 Å². The average molecular weight is 212 g/mol. The third-order valence-electron chi connectivity index (χ3n) is 3.49. The summed E-state index contributed by atoms with van der Waals surface area (Å²) in [7, 11) is 2.16. The standard InChI is InChI=1S/C11H20N2O2/c1-12-5-9(6-12)2-3-13-7-10(8-13)4-11(14)15/h9-10H,2-8H2,1H3,(H,14,15). The third kappa shape index (κ3) is 2.92. The molecule has 0 radical (unpaired) electrons. The van der Waals surface area contributed by atoms with E-state index in [2.05, 4.69) is 16.8 Å². The molecule has 4 nitrogen and oxygen atoms in total. The molecule has 2 aliphatic rings. The number of hydrogen-bond donors (Lipinski definition) is 1. The van der Waals surface area contributed by atoms with Crippen LogP contribution in [0.4, 0.5) is 0 Å². The van der Waals surface area contributed by atoms with E-state index in [1.54, 1.807) is 0 Å². The second-order valence-electron chi connectivity index (χ2n) is 5.10. The van der Waals surface area contributed by atoms with E-state index in [1.165, 1.54) is 19.5 Å². The third-order valence-corrected chi connectivity index (χ3v) is 3.49. The first-order valence-electron chi connectivity index (χ1n) is 5.76. The minimum atomic E-state index is -0.653. The Balaban J connectivity index is 1.51. The van der Waals surface area contributed by atoms with Gasteiger partial charge in [-0.15, -0.1) is 0 Å². The number of aliphatic carboxylic acids is 1. The monoisotopic (exact) mass is 212 g/mol. The van der Waals surface area contributed by atoms with Crippen molar-refractivity contribution in [1.29, 1.82) is 0 Å². The van der Waals surface area contributed by atoms with E-state index in [9.17, 15) is 4.79 Å². The second kappa shape index (κ2) is 4.49. The van der Waals surface area contributed by atoms with Gasteiger partial charge in [0, 0.05) is 26.2 Å². The van der Waals surface area contributed by atoms with Crippen molar-refractivity contribution in [3.8, 4) is 0 Å². The SMILES string of the molecule is CN1CC(CCN2CC(CC(=O)O)C2)C1. The van der Waals surface area contributed by atoms with E-state index in [1.807, 2.05) is 0 Å². The maximum absolute atomic E-state index is 10.4. The number of carbonyl (C=O) groups is 1. The summed E-state index contributed by atoms with van der Waals surface area (Å²) >= 11 is 0. The minimum absolute atomic E-state index is 0.350. The van der Waals surface area contributed by atoms with Crippen LogP contribution in [0.15, 0.2) is 0 Å². The molecular weight excluding hydrogens is 192 g/mol. The first kappa shape index (κ1) is 10.9. The van der Waals surface area contributed by atoms with Crippen LogP contribution in [-0.4, -0.2) is 60.6 Å². The van der Waals surface area contributed by atoms with Gasteiger partial charge in [0.1, 0.15) is 0 Å². The van der Waals surface area contributed by atoms with E-state index < -0.39 is 5.97 Å². The Morgan fingerprint density at radius 3 is 2.47 bits per heavy atom. The van der Waals surface area contributed by atoms with Crippen LogP contribution in [0.5, 0.6) is 0 Å². The fourth-order valence-corrected chi connectivity index (χ4v) is 2.61. The molecule has 1 N–H and O–H groups in total. The molecule has 0 aromatic rings. The molecule has 2 aliphatic heterocycles. The Morgan fingerprint density at radius 1 is 1.27 bits per heavy atom. The summed E-state index contributed by atoms with van der Waals surface area (Å²) in [5, 5.41) is 8.61. The van der Waals surface area contributed by atoms with Gasteiger partial charge in [0.05, 0.1) is 6.42 Å². The first-order valence-corrected chi connectivity index (χ1v) is 5.76. The molecule has 2 rings (SSSR count). The van der Waals surface area contributed by atoms with Crippen molar-refractivity contribution in [3.05, 3.63) is 0 Å². The summed E-state index contributed by atoms with van der Waals surface area (Å²) in [6.45, 7) is 5.64. The highest BCUT2D eigenvalue weighted by molar-refractivity contribution is 5.67. The van der Waals surface area contributed by atoms with Gasteiger partial charge in [-0.3, -0.25) is 4.79 Å². The quantitative estimate of drug-likeness (QED) is 0.714. The maximum atomic E-state index is 10.4. The summed E-state index contributed by atoms with van der Waals surface area (Å²) in [6, 6.07) is 0. The summed E-state index contributed by atoms with van der Waals surface area (Å²) < 4.78 is 0. The fraction of sp³-hybridized carbons (Fsp3) is 0.909. The first-order chi connectivity index (χ1) is 7.13. The Morgan fingerprint density at radius 2 is 1.93 bits per heavy atom. The van der Waals surface area contributed by atoms with Crippen LogP contribution in [0.3, 0.4) is 0 Å². The van der Waals surface area contributed by atoms with Crippen LogP contribution in [-0.2, 0) is 4.79 Å². The van der Waals surface area contributed by atoms with E-state index >= 15 is 0 Å². The summed E-state index contributed by atoms with van der Waals surface area (Å²) in [4.78, 5) is 15.2. The molecule has 86 valence electrons. The summed E-state index contributed by atoms with van der Waals surface area (Å²) in [5.74, 6) is 0.639. The summed E-state index contributed by atoms with van der Waals surface area (Å²) in [5.41, 5.74) is 0. The lowest BCUT2D eigenvalue weighted by atomic mass is 9.93. The highest BCUT2D eigenvalue weighted by Gasteiger charge is 2.30. The zero-order chi connectivity index (χ0) is 10.8. The molecule has 0 unspecified atom stereocenters. The lowest BCUT2D eigenvalue weighted by Gasteiger charge is -2.42. The van der Waals surface area contributed by atoms with Gasteiger partial charge in [0.15, 0.2) is 0 Å². The van der Waals surface area contributed by atoms with Crippen molar-refractivity contribution in [2.24, 2.45) is 11.8 Å². The van der Waals surface area contributed by atoms with Crippen molar-refractivity contribution in [2.75, 3.05) is 39.8 Å².